The van der Waals surface area contributed by atoms with Gasteiger partial charge in [-0.25, -0.2) is 9.59 Å². The highest BCUT2D eigenvalue weighted by molar-refractivity contribution is 9.11. The molecule has 18 heavy (non-hydrogen) atoms. The van der Waals surface area contributed by atoms with Gasteiger partial charge < -0.3 is 9.47 Å². The molecule has 0 radical (unpaired) electrons. The third-order valence-electron chi connectivity index (χ3n) is 2.06. The molecule has 6 heteroatoms. The lowest BCUT2D eigenvalue weighted by molar-refractivity contribution is 0.0477. The van der Waals surface area contributed by atoms with Crippen LogP contribution in [0, 0.1) is 0 Å². The van der Waals surface area contributed by atoms with Crippen LogP contribution in [0.5, 0.6) is 0 Å². The van der Waals surface area contributed by atoms with Crippen LogP contribution in [0.15, 0.2) is 21.1 Å². The van der Waals surface area contributed by atoms with Crippen LogP contribution in [0.2, 0.25) is 0 Å². The molecule has 0 saturated carbocycles. The van der Waals surface area contributed by atoms with Crippen LogP contribution in [0.4, 0.5) is 0 Å². The van der Waals surface area contributed by atoms with Gasteiger partial charge in [0.05, 0.1) is 24.3 Å². The minimum Gasteiger partial charge on any atom is -0.462 e. The first-order valence-corrected chi connectivity index (χ1v) is 6.93. The Morgan fingerprint density at radius 3 is 1.56 bits per heavy atom. The molecule has 0 fully saturated rings. The number of halogens is 2. The van der Waals surface area contributed by atoms with Crippen LogP contribution in [0.1, 0.15) is 34.6 Å². The Kier molecular flexibility index (Phi) is 5.81. The van der Waals surface area contributed by atoms with E-state index in [1.165, 1.54) is 0 Å². The topological polar surface area (TPSA) is 52.6 Å². The van der Waals surface area contributed by atoms with Crippen LogP contribution < -0.4 is 0 Å². The molecule has 0 aliphatic rings. The van der Waals surface area contributed by atoms with E-state index < -0.39 is 11.9 Å². The van der Waals surface area contributed by atoms with Crippen molar-refractivity contribution in [1.29, 1.82) is 0 Å². The lowest BCUT2D eigenvalue weighted by Crippen LogP contribution is -2.15. The summed E-state index contributed by atoms with van der Waals surface area (Å²) in [6.07, 6.45) is 0. The molecule has 0 unspecified atom stereocenters. The zero-order chi connectivity index (χ0) is 13.7. The number of rotatable bonds is 4. The van der Waals surface area contributed by atoms with E-state index in [0.29, 0.717) is 8.95 Å². The zero-order valence-corrected chi connectivity index (χ0v) is 13.1. The summed E-state index contributed by atoms with van der Waals surface area (Å²) in [5, 5.41) is 0. The third-order valence-corrected chi connectivity index (χ3v) is 3.38. The van der Waals surface area contributed by atoms with Crippen molar-refractivity contribution < 1.29 is 19.1 Å². The molecule has 4 nitrogen and oxygen atoms in total. The van der Waals surface area contributed by atoms with Crippen molar-refractivity contribution in [2.45, 2.75) is 13.8 Å². The molecule has 0 amide bonds. The van der Waals surface area contributed by atoms with Crippen molar-refractivity contribution in [2.75, 3.05) is 13.2 Å². The molecule has 1 aromatic rings. The van der Waals surface area contributed by atoms with E-state index in [4.69, 9.17) is 9.47 Å². The maximum absolute atomic E-state index is 11.9. The van der Waals surface area contributed by atoms with Crippen LogP contribution in [0.25, 0.3) is 0 Å². The van der Waals surface area contributed by atoms with Crippen molar-refractivity contribution in [2.24, 2.45) is 0 Å². The highest BCUT2D eigenvalue weighted by Crippen LogP contribution is 2.29. The Bertz CT molecular complexity index is 428. The van der Waals surface area contributed by atoms with Crippen LogP contribution in [-0.2, 0) is 9.47 Å². The maximum Gasteiger partial charge on any atom is 0.340 e. The summed E-state index contributed by atoms with van der Waals surface area (Å²) in [6.45, 7) is 3.88. The lowest BCUT2D eigenvalue weighted by atomic mass is 10.1. The SMILES string of the molecule is CCOC(=O)c1c(Br)ccc(Br)c1C(=O)OCC. The van der Waals surface area contributed by atoms with Gasteiger partial charge in [-0.1, -0.05) is 0 Å². The van der Waals surface area contributed by atoms with Crippen molar-refractivity contribution in [1.82, 2.24) is 0 Å². The quantitative estimate of drug-likeness (QED) is 0.750. The summed E-state index contributed by atoms with van der Waals surface area (Å²) in [4.78, 5) is 23.7. The number of carbonyl (C=O) groups is 2. The number of benzene rings is 1. The van der Waals surface area contributed by atoms with E-state index in [9.17, 15) is 9.59 Å². The monoisotopic (exact) mass is 378 g/mol. The van der Waals surface area contributed by atoms with Crippen molar-refractivity contribution >= 4 is 43.8 Å². The molecule has 0 spiro atoms. The van der Waals surface area contributed by atoms with Crippen LogP contribution in [0.3, 0.4) is 0 Å². The second-order valence-electron chi connectivity index (χ2n) is 3.22. The fourth-order valence-electron chi connectivity index (χ4n) is 1.36. The van der Waals surface area contributed by atoms with Gasteiger partial charge in [-0.15, -0.1) is 0 Å². The van der Waals surface area contributed by atoms with Gasteiger partial charge in [-0.2, -0.15) is 0 Å². The minimum absolute atomic E-state index is 0.171. The van der Waals surface area contributed by atoms with Gasteiger partial charge in [0, 0.05) is 8.95 Å². The normalized spacial score (nSPS) is 10.0. The number of hydrogen-bond acceptors (Lipinski definition) is 4. The minimum atomic E-state index is -0.561. The van der Waals surface area contributed by atoms with Gasteiger partial charge in [0.25, 0.3) is 0 Å². The number of ether oxygens (including phenoxy) is 2. The van der Waals surface area contributed by atoms with E-state index in [1.807, 2.05) is 0 Å². The first kappa shape index (κ1) is 15.2. The summed E-state index contributed by atoms with van der Waals surface area (Å²) < 4.78 is 10.9. The summed E-state index contributed by atoms with van der Waals surface area (Å²) in [6, 6.07) is 3.33. The summed E-state index contributed by atoms with van der Waals surface area (Å²) in [5.74, 6) is -1.12. The predicted molar refractivity (Wildman–Crippen MR) is 73.8 cm³/mol. The van der Waals surface area contributed by atoms with E-state index in [1.54, 1.807) is 26.0 Å². The van der Waals surface area contributed by atoms with Gasteiger partial charge >= 0.3 is 11.9 Å². The average Bonchev–Trinajstić information content (AvgIpc) is 2.32. The second-order valence-corrected chi connectivity index (χ2v) is 4.93. The van der Waals surface area contributed by atoms with Gasteiger partial charge in [0.1, 0.15) is 0 Å². The van der Waals surface area contributed by atoms with Gasteiger partial charge in [-0.3, -0.25) is 0 Å². The van der Waals surface area contributed by atoms with Gasteiger partial charge in [0.15, 0.2) is 0 Å². The van der Waals surface area contributed by atoms with Crippen LogP contribution in [-0.4, -0.2) is 25.2 Å². The fourth-order valence-corrected chi connectivity index (χ4v) is 2.34. The van der Waals surface area contributed by atoms with Crippen molar-refractivity contribution in [3.63, 3.8) is 0 Å². The Labute approximate surface area is 122 Å². The summed E-state index contributed by atoms with van der Waals surface area (Å²) >= 11 is 6.48. The molecule has 1 aromatic carbocycles. The number of carbonyl (C=O) groups excluding carboxylic acids is 2. The number of esters is 2. The molecule has 98 valence electrons. The van der Waals surface area contributed by atoms with E-state index in [0.717, 1.165) is 0 Å². The van der Waals surface area contributed by atoms with Gasteiger partial charge in [0.2, 0.25) is 0 Å². The third kappa shape index (κ3) is 3.32. The Morgan fingerprint density at radius 1 is 0.944 bits per heavy atom. The Hall–Kier alpha value is -0.880. The fraction of sp³-hybridized carbons (Fsp3) is 0.333. The molecule has 0 aromatic heterocycles. The highest BCUT2D eigenvalue weighted by Gasteiger charge is 2.24. The molecule has 0 aliphatic heterocycles. The molecule has 0 heterocycles. The standard InChI is InChI=1S/C12H12Br2O4/c1-3-17-11(15)9-7(13)5-6-8(14)10(9)12(16)18-4-2/h5-6H,3-4H2,1-2H3. The molecule has 0 bridgehead atoms. The second kappa shape index (κ2) is 6.89. The first-order valence-electron chi connectivity index (χ1n) is 5.35. The van der Waals surface area contributed by atoms with E-state index in [-0.39, 0.29) is 24.3 Å². The zero-order valence-electron chi connectivity index (χ0n) is 9.96. The molecule has 1 rings (SSSR count). The molecule has 0 atom stereocenters. The predicted octanol–water partition coefficient (Wildman–Crippen LogP) is 3.57. The van der Waals surface area contributed by atoms with E-state index >= 15 is 0 Å². The maximum atomic E-state index is 11.9. The number of hydrogen-bond donors (Lipinski definition) is 0. The van der Waals surface area contributed by atoms with Crippen molar-refractivity contribution in [3.8, 4) is 0 Å². The summed E-state index contributed by atoms with van der Waals surface area (Å²) in [5.41, 5.74) is 0.342. The molecule has 0 aliphatic carbocycles. The van der Waals surface area contributed by atoms with Crippen LogP contribution >= 0.6 is 31.9 Å². The average molecular weight is 380 g/mol. The Balaban J connectivity index is 3.33. The Morgan fingerprint density at radius 2 is 1.28 bits per heavy atom. The van der Waals surface area contributed by atoms with Crippen molar-refractivity contribution in [3.05, 3.63) is 32.2 Å². The van der Waals surface area contributed by atoms with E-state index in [2.05, 4.69) is 31.9 Å². The first-order chi connectivity index (χ1) is 8.52. The molecular formula is C12H12Br2O4. The van der Waals surface area contributed by atoms with Gasteiger partial charge in [-0.05, 0) is 57.8 Å². The highest BCUT2D eigenvalue weighted by atomic mass is 79.9. The molecular weight excluding hydrogens is 368 g/mol. The largest absolute Gasteiger partial charge is 0.462 e. The summed E-state index contributed by atoms with van der Waals surface area (Å²) in [7, 11) is 0. The smallest absolute Gasteiger partial charge is 0.340 e. The molecule has 0 N–H and O–H groups in total. The molecule has 0 saturated heterocycles. The lowest BCUT2D eigenvalue weighted by Gasteiger charge is -2.11.